The van der Waals surface area contributed by atoms with Gasteiger partial charge in [0.25, 0.3) is 5.91 Å². The maximum absolute atomic E-state index is 12.0. The van der Waals surface area contributed by atoms with Crippen molar-refractivity contribution >= 4 is 40.5 Å². The van der Waals surface area contributed by atoms with E-state index in [1.54, 1.807) is 18.2 Å². The zero-order valence-corrected chi connectivity index (χ0v) is 13.0. The molecule has 1 aliphatic rings. The van der Waals surface area contributed by atoms with Crippen molar-refractivity contribution in [1.82, 2.24) is 0 Å². The number of carbonyl (C=O) groups excluding carboxylic acids is 1. The molecule has 0 aromatic heterocycles. The first-order valence-electron chi connectivity index (χ1n) is 6.66. The van der Waals surface area contributed by atoms with Gasteiger partial charge < -0.3 is 4.74 Å². The van der Waals surface area contributed by atoms with Crippen LogP contribution in [0.4, 0.5) is 5.69 Å². The van der Waals surface area contributed by atoms with Crippen LogP contribution in [0.15, 0.2) is 53.6 Å². The number of halogens is 2. The number of hydrazone groups is 1. The highest BCUT2D eigenvalue weighted by Crippen LogP contribution is 2.28. The summed E-state index contributed by atoms with van der Waals surface area (Å²) >= 11 is 11.9. The molecule has 0 N–H and O–H groups in total. The molecular formula is C16H12Cl2N2O2. The molecule has 0 bridgehead atoms. The zero-order valence-electron chi connectivity index (χ0n) is 11.5. The standard InChI is InChI=1S/C16H12Cl2N2O2/c17-11-6-7-15(14(18)8-11)22-10-12-9-16(21)20(19-12)13-4-2-1-3-5-13/h1-8H,9-10H2. The predicted octanol–water partition coefficient (Wildman–Crippen LogP) is 4.17. The highest BCUT2D eigenvalue weighted by Gasteiger charge is 2.25. The SMILES string of the molecule is O=C1CC(COc2ccc(Cl)cc2Cl)=NN1c1ccccc1. The van der Waals surface area contributed by atoms with E-state index in [0.29, 0.717) is 21.5 Å². The Kier molecular flexibility index (Phi) is 4.32. The van der Waals surface area contributed by atoms with E-state index in [0.717, 1.165) is 5.69 Å². The molecule has 0 saturated carbocycles. The van der Waals surface area contributed by atoms with Crippen LogP contribution in [0.25, 0.3) is 0 Å². The molecule has 1 aliphatic heterocycles. The normalized spacial score (nSPS) is 14.2. The lowest BCUT2D eigenvalue weighted by Crippen LogP contribution is -2.19. The average Bonchev–Trinajstić information content (AvgIpc) is 2.88. The van der Waals surface area contributed by atoms with Gasteiger partial charge in [-0.2, -0.15) is 5.10 Å². The number of amides is 1. The van der Waals surface area contributed by atoms with E-state index in [1.165, 1.54) is 5.01 Å². The molecule has 0 saturated heterocycles. The Morgan fingerprint density at radius 2 is 1.91 bits per heavy atom. The molecule has 1 heterocycles. The fourth-order valence-corrected chi connectivity index (χ4v) is 2.55. The molecule has 1 amide bonds. The van der Waals surface area contributed by atoms with Crippen molar-refractivity contribution in [3.63, 3.8) is 0 Å². The van der Waals surface area contributed by atoms with Gasteiger partial charge in [-0.15, -0.1) is 0 Å². The number of rotatable bonds is 4. The van der Waals surface area contributed by atoms with Crippen LogP contribution in [0.2, 0.25) is 10.0 Å². The summed E-state index contributed by atoms with van der Waals surface area (Å²) in [6.45, 7) is 0.205. The van der Waals surface area contributed by atoms with Gasteiger partial charge in [-0.1, -0.05) is 41.4 Å². The molecule has 2 aromatic carbocycles. The van der Waals surface area contributed by atoms with E-state index in [2.05, 4.69) is 5.10 Å². The predicted molar refractivity (Wildman–Crippen MR) is 87.9 cm³/mol. The molecule has 0 spiro atoms. The number of carbonyl (C=O) groups is 1. The number of benzene rings is 2. The lowest BCUT2D eigenvalue weighted by Gasteiger charge is -2.10. The van der Waals surface area contributed by atoms with Gasteiger partial charge in [-0.3, -0.25) is 4.79 Å². The smallest absolute Gasteiger partial charge is 0.253 e. The Morgan fingerprint density at radius 1 is 1.14 bits per heavy atom. The minimum atomic E-state index is -0.0768. The lowest BCUT2D eigenvalue weighted by atomic mass is 10.2. The molecule has 22 heavy (non-hydrogen) atoms. The summed E-state index contributed by atoms with van der Waals surface area (Å²) in [5, 5.41) is 6.67. The Morgan fingerprint density at radius 3 is 2.64 bits per heavy atom. The van der Waals surface area contributed by atoms with Gasteiger partial charge in [0.1, 0.15) is 12.4 Å². The van der Waals surface area contributed by atoms with Crippen LogP contribution in [0.5, 0.6) is 5.75 Å². The first-order chi connectivity index (χ1) is 10.6. The Bertz CT molecular complexity index is 732. The number of ether oxygens (including phenoxy) is 1. The van der Waals surface area contributed by atoms with E-state index < -0.39 is 0 Å². The largest absolute Gasteiger partial charge is 0.486 e. The molecule has 0 atom stereocenters. The molecule has 3 rings (SSSR count). The first kappa shape index (κ1) is 14.9. The van der Waals surface area contributed by atoms with Gasteiger partial charge in [-0.25, -0.2) is 5.01 Å². The van der Waals surface area contributed by atoms with Gasteiger partial charge in [0.05, 0.1) is 22.8 Å². The second-order valence-electron chi connectivity index (χ2n) is 4.75. The van der Waals surface area contributed by atoms with E-state index in [1.807, 2.05) is 30.3 Å². The van der Waals surface area contributed by atoms with Crippen molar-refractivity contribution in [3.8, 4) is 5.75 Å². The highest BCUT2D eigenvalue weighted by molar-refractivity contribution is 6.35. The third-order valence-electron chi connectivity index (χ3n) is 3.12. The zero-order chi connectivity index (χ0) is 15.5. The molecule has 0 radical (unpaired) electrons. The minimum absolute atomic E-state index is 0.0768. The van der Waals surface area contributed by atoms with Gasteiger partial charge >= 0.3 is 0 Å². The maximum atomic E-state index is 12.0. The van der Waals surface area contributed by atoms with Crippen LogP contribution in [-0.2, 0) is 4.79 Å². The summed E-state index contributed by atoms with van der Waals surface area (Å²) in [6, 6.07) is 14.3. The van der Waals surface area contributed by atoms with Crippen molar-refractivity contribution in [2.45, 2.75) is 6.42 Å². The monoisotopic (exact) mass is 334 g/mol. The van der Waals surface area contributed by atoms with Gasteiger partial charge in [0.2, 0.25) is 0 Å². The van der Waals surface area contributed by atoms with Gasteiger partial charge in [0.15, 0.2) is 0 Å². The topological polar surface area (TPSA) is 41.9 Å². The Labute approximate surface area is 137 Å². The average molecular weight is 335 g/mol. The summed E-state index contributed by atoms with van der Waals surface area (Å²) in [5.74, 6) is 0.436. The van der Waals surface area contributed by atoms with E-state index >= 15 is 0 Å². The number of hydrogen-bond donors (Lipinski definition) is 0. The fraction of sp³-hybridized carbons (Fsp3) is 0.125. The number of hydrogen-bond acceptors (Lipinski definition) is 3. The molecule has 0 aliphatic carbocycles. The maximum Gasteiger partial charge on any atom is 0.253 e. The number of anilines is 1. The van der Waals surface area contributed by atoms with Crippen LogP contribution < -0.4 is 9.75 Å². The summed E-state index contributed by atoms with van der Waals surface area (Å²) in [5.41, 5.74) is 1.40. The molecule has 2 aromatic rings. The van der Waals surface area contributed by atoms with Gasteiger partial charge in [-0.05, 0) is 30.3 Å². The molecule has 0 unspecified atom stereocenters. The third kappa shape index (κ3) is 3.24. The van der Waals surface area contributed by atoms with Crippen LogP contribution in [0, 0.1) is 0 Å². The molecule has 112 valence electrons. The van der Waals surface area contributed by atoms with Crippen LogP contribution in [-0.4, -0.2) is 18.2 Å². The van der Waals surface area contributed by atoms with Crippen molar-refractivity contribution in [1.29, 1.82) is 0 Å². The van der Waals surface area contributed by atoms with Crippen molar-refractivity contribution in [2.75, 3.05) is 11.6 Å². The fourth-order valence-electron chi connectivity index (χ4n) is 2.09. The van der Waals surface area contributed by atoms with Crippen LogP contribution in [0.3, 0.4) is 0 Å². The van der Waals surface area contributed by atoms with Gasteiger partial charge in [0, 0.05) is 5.02 Å². The Hall–Kier alpha value is -2.04. The van der Waals surface area contributed by atoms with Crippen LogP contribution >= 0.6 is 23.2 Å². The lowest BCUT2D eigenvalue weighted by molar-refractivity contribution is -0.116. The second kappa shape index (κ2) is 6.38. The number of para-hydroxylation sites is 1. The second-order valence-corrected chi connectivity index (χ2v) is 5.59. The summed E-state index contributed by atoms with van der Waals surface area (Å²) in [7, 11) is 0. The van der Waals surface area contributed by atoms with E-state index in [-0.39, 0.29) is 18.9 Å². The molecule has 6 heteroatoms. The van der Waals surface area contributed by atoms with Crippen LogP contribution in [0.1, 0.15) is 6.42 Å². The van der Waals surface area contributed by atoms with E-state index in [9.17, 15) is 4.79 Å². The van der Waals surface area contributed by atoms with E-state index in [4.69, 9.17) is 27.9 Å². The quantitative estimate of drug-likeness (QED) is 0.842. The first-order valence-corrected chi connectivity index (χ1v) is 7.41. The Balaban J connectivity index is 1.70. The number of nitrogens with zero attached hydrogens (tertiary/aromatic N) is 2. The highest BCUT2D eigenvalue weighted by atomic mass is 35.5. The molecule has 4 nitrogen and oxygen atoms in total. The molecule has 0 fully saturated rings. The van der Waals surface area contributed by atoms with Crippen molar-refractivity contribution in [3.05, 3.63) is 58.6 Å². The summed E-state index contributed by atoms with van der Waals surface area (Å²) in [6.07, 6.45) is 0.236. The van der Waals surface area contributed by atoms with Crippen molar-refractivity contribution < 1.29 is 9.53 Å². The minimum Gasteiger partial charge on any atom is -0.486 e. The third-order valence-corrected chi connectivity index (χ3v) is 3.65. The van der Waals surface area contributed by atoms with Crippen molar-refractivity contribution in [2.24, 2.45) is 5.10 Å². The summed E-state index contributed by atoms with van der Waals surface area (Å²) < 4.78 is 5.61. The molecular weight excluding hydrogens is 323 g/mol. The summed E-state index contributed by atoms with van der Waals surface area (Å²) in [4.78, 5) is 12.0.